The highest BCUT2D eigenvalue weighted by molar-refractivity contribution is 4.81. The molecule has 0 aromatic heterocycles. The summed E-state index contributed by atoms with van der Waals surface area (Å²) in [5.41, 5.74) is 0. The van der Waals surface area contributed by atoms with Gasteiger partial charge in [-0.1, -0.05) is 116 Å². The number of rotatable bonds is 18. The Bertz CT molecular complexity index is 228. The van der Waals surface area contributed by atoms with Crippen LogP contribution in [0.15, 0.2) is 12.2 Å². The van der Waals surface area contributed by atoms with Crippen LogP contribution in [-0.4, -0.2) is 0 Å². The summed E-state index contributed by atoms with van der Waals surface area (Å²) in [6, 6.07) is 0. The smallest absolute Gasteiger partial charge is 0.0351 e. The van der Waals surface area contributed by atoms with E-state index >= 15 is 0 Å². The zero-order valence-corrected chi connectivity index (χ0v) is 16.2. The van der Waals surface area contributed by atoms with Gasteiger partial charge in [-0.2, -0.15) is 0 Å². The summed E-state index contributed by atoms with van der Waals surface area (Å²) in [4.78, 5) is 0. The third-order valence-electron chi connectivity index (χ3n) is 4.96. The summed E-state index contributed by atoms with van der Waals surface area (Å²) in [6.45, 7) is 10.2. The van der Waals surface area contributed by atoms with E-state index in [1.54, 1.807) is 0 Å². The first kappa shape index (κ1) is 22.7. The molecule has 0 nitrogen and oxygen atoms in total. The van der Waals surface area contributed by atoms with Crippen molar-refractivity contribution in [3.8, 4) is 0 Å². The van der Waals surface area contributed by atoms with Crippen molar-refractivity contribution in [2.75, 3.05) is 0 Å². The van der Waals surface area contributed by atoms with Crippen LogP contribution in [0, 0.1) is 19.8 Å². The minimum atomic E-state index is 0.982. The predicted octanol–water partition coefficient (Wildman–Crippen LogP) is 8.48. The van der Waals surface area contributed by atoms with E-state index < -0.39 is 0 Å². The van der Waals surface area contributed by atoms with E-state index in [-0.39, 0.29) is 0 Å². The van der Waals surface area contributed by atoms with Gasteiger partial charge in [-0.05, 0) is 31.6 Å². The standard InChI is InChI=1S/C23H44/c1-4-7-9-10-11-12-13-14-15-16-17-18-20-22-23(6-3)21-19-8-5-2/h11-12,23H,1-2,4-10,13-22H2,3H3. The first-order valence-corrected chi connectivity index (χ1v) is 10.6. The summed E-state index contributed by atoms with van der Waals surface area (Å²) in [5, 5.41) is 0. The molecule has 0 heteroatoms. The van der Waals surface area contributed by atoms with Crippen LogP contribution in [0.25, 0.3) is 0 Å². The maximum atomic E-state index is 3.94. The van der Waals surface area contributed by atoms with Gasteiger partial charge in [0.1, 0.15) is 0 Å². The van der Waals surface area contributed by atoms with Crippen LogP contribution in [0.4, 0.5) is 0 Å². The van der Waals surface area contributed by atoms with Crippen molar-refractivity contribution in [1.29, 1.82) is 0 Å². The Kier molecular flexibility index (Phi) is 19.6. The van der Waals surface area contributed by atoms with Crippen LogP contribution in [0.3, 0.4) is 0 Å². The monoisotopic (exact) mass is 320 g/mol. The van der Waals surface area contributed by atoms with Gasteiger partial charge >= 0.3 is 0 Å². The minimum Gasteiger partial charge on any atom is -0.0885 e. The van der Waals surface area contributed by atoms with Crippen LogP contribution in [0.1, 0.15) is 116 Å². The van der Waals surface area contributed by atoms with E-state index in [0.29, 0.717) is 0 Å². The normalized spacial score (nSPS) is 13.0. The molecular formula is C23H44. The highest BCUT2D eigenvalue weighted by atomic mass is 14.1. The third kappa shape index (κ3) is 17.9. The van der Waals surface area contributed by atoms with E-state index in [4.69, 9.17) is 0 Å². The molecule has 0 heterocycles. The maximum Gasteiger partial charge on any atom is -0.0351 e. The van der Waals surface area contributed by atoms with Gasteiger partial charge < -0.3 is 0 Å². The van der Waals surface area contributed by atoms with Crippen molar-refractivity contribution in [3.63, 3.8) is 0 Å². The van der Waals surface area contributed by atoms with Gasteiger partial charge in [-0.3, -0.25) is 0 Å². The van der Waals surface area contributed by atoms with Gasteiger partial charge in [-0.15, -0.1) is 0 Å². The van der Waals surface area contributed by atoms with Crippen molar-refractivity contribution >= 4 is 0 Å². The Hall–Kier alpha value is -0.260. The minimum absolute atomic E-state index is 0.982. The molecule has 0 aromatic carbocycles. The van der Waals surface area contributed by atoms with Crippen molar-refractivity contribution in [3.05, 3.63) is 26.0 Å². The molecule has 0 spiro atoms. The molecule has 0 aliphatic rings. The molecule has 23 heavy (non-hydrogen) atoms. The Morgan fingerprint density at radius 1 is 0.609 bits per heavy atom. The number of hydrogen-bond donors (Lipinski definition) is 0. The van der Waals surface area contributed by atoms with E-state index in [0.717, 1.165) is 18.8 Å². The van der Waals surface area contributed by atoms with Gasteiger partial charge in [0.2, 0.25) is 0 Å². The Morgan fingerprint density at radius 2 is 1.04 bits per heavy atom. The van der Waals surface area contributed by atoms with Gasteiger partial charge in [0.05, 0.1) is 0 Å². The third-order valence-corrected chi connectivity index (χ3v) is 4.96. The number of hydrogen-bond acceptors (Lipinski definition) is 0. The van der Waals surface area contributed by atoms with Crippen molar-refractivity contribution in [1.82, 2.24) is 0 Å². The molecule has 1 unspecified atom stereocenters. The van der Waals surface area contributed by atoms with Crippen LogP contribution in [0.2, 0.25) is 0 Å². The van der Waals surface area contributed by atoms with E-state index in [9.17, 15) is 0 Å². The summed E-state index contributed by atoms with van der Waals surface area (Å²) in [7, 11) is 0. The molecule has 0 amide bonds. The van der Waals surface area contributed by atoms with E-state index in [1.807, 2.05) is 0 Å². The summed E-state index contributed by atoms with van der Waals surface area (Å²) in [5.74, 6) is 0.982. The molecule has 0 saturated carbocycles. The molecule has 0 aromatic rings. The largest absolute Gasteiger partial charge is 0.0885 e. The second-order valence-corrected chi connectivity index (χ2v) is 7.14. The van der Waals surface area contributed by atoms with Crippen LogP contribution < -0.4 is 0 Å². The lowest BCUT2D eigenvalue weighted by molar-refractivity contribution is 0.397. The topological polar surface area (TPSA) is 0 Å². The summed E-state index contributed by atoms with van der Waals surface area (Å²) < 4.78 is 0. The fraction of sp³-hybridized carbons (Fsp3) is 0.826. The lowest BCUT2D eigenvalue weighted by atomic mass is 9.92. The Labute approximate surface area is 148 Å². The SMILES string of the molecule is [CH2]CCCCC=CCCCCCCCCC(CC)CCCC[CH2]. The Morgan fingerprint density at radius 3 is 1.61 bits per heavy atom. The average molecular weight is 321 g/mol. The van der Waals surface area contributed by atoms with Gasteiger partial charge in [0.25, 0.3) is 0 Å². The van der Waals surface area contributed by atoms with Gasteiger partial charge in [0, 0.05) is 0 Å². The van der Waals surface area contributed by atoms with Crippen molar-refractivity contribution in [2.45, 2.75) is 116 Å². The molecule has 0 fully saturated rings. The van der Waals surface area contributed by atoms with Gasteiger partial charge in [-0.25, -0.2) is 0 Å². The zero-order chi connectivity index (χ0) is 17.0. The maximum absolute atomic E-state index is 3.94. The Balaban J connectivity index is 3.25. The van der Waals surface area contributed by atoms with Crippen molar-refractivity contribution < 1.29 is 0 Å². The molecule has 0 saturated heterocycles. The summed E-state index contributed by atoms with van der Waals surface area (Å²) >= 11 is 0. The molecular weight excluding hydrogens is 276 g/mol. The fourth-order valence-corrected chi connectivity index (χ4v) is 3.24. The average Bonchev–Trinajstić information content (AvgIpc) is 2.57. The predicted molar refractivity (Wildman–Crippen MR) is 108 cm³/mol. The second kappa shape index (κ2) is 19.8. The zero-order valence-electron chi connectivity index (χ0n) is 16.2. The quantitative estimate of drug-likeness (QED) is 0.175. The summed E-state index contributed by atoms with van der Waals surface area (Å²) in [6.07, 6.45) is 27.7. The molecule has 1 atom stereocenters. The van der Waals surface area contributed by atoms with Crippen LogP contribution in [0.5, 0.6) is 0 Å². The molecule has 0 aliphatic heterocycles. The fourth-order valence-electron chi connectivity index (χ4n) is 3.24. The molecule has 0 N–H and O–H groups in total. The first-order chi connectivity index (χ1) is 11.3. The lowest BCUT2D eigenvalue weighted by Gasteiger charge is -2.14. The number of allylic oxidation sites excluding steroid dienone is 2. The van der Waals surface area contributed by atoms with Crippen LogP contribution >= 0.6 is 0 Å². The van der Waals surface area contributed by atoms with Crippen LogP contribution in [-0.2, 0) is 0 Å². The van der Waals surface area contributed by atoms with Crippen molar-refractivity contribution in [2.24, 2.45) is 5.92 Å². The molecule has 2 radical (unpaired) electrons. The molecule has 0 rings (SSSR count). The number of unbranched alkanes of at least 4 members (excludes halogenated alkanes) is 11. The second-order valence-electron chi connectivity index (χ2n) is 7.14. The first-order valence-electron chi connectivity index (χ1n) is 10.6. The lowest BCUT2D eigenvalue weighted by Crippen LogP contribution is -1.99. The molecule has 0 aliphatic carbocycles. The molecule has 136 valence electrons. The van der Waals surface area contributed by atoms with Gasteiger partial charge in [0.15, 0.2) is 0 Å². The molecule has 0 bridgehead atoms. The van der Waals surface area contributed by atoms with E-state index in [1.165, 1.54) is 96.3 Å². The van der Waals surface area contributed by atoms with E-state index in [2.05, 4.69) is 32.9 Å². The highest BCUT2D eigenvalue weighted by Gasteiger charge is 2.05. The highest BCUT2D eigenvalue weighted by Crippen LogP contribution is 2.21.